The Morgan fingerprint density at radius 2 is 2.05 bits per heavy atom. The van der Waals surface area contributed by atoms with Crippen molar-refractivity contribution in [3.05, 3.63) is 32.7 Å². The summed E-state index contributed by atoms with van der Waals surface area (Å²) in [5, 5.41) is 3.13. The highest BCUT2D eigenvalue weighted by atomic mass is 79.9. The van der Waals surface area contributed by atoms with Crippen molar-refractivity contribution in [2.24, 2.45) is 0 Å². The Bertz CT molecular complexity index is 445. The minimum absolute atomic E-state index is 0.00459. The highest BCUT2D eigenvalue weighted by molar-refractivity contribution is 9.11. The van der Waals surface area contributed by atoms with Gasteiger partial charge in [-0.05, 0) is 44.1 Å². The standard InChI is InChI=1S/C14H18Br2N2O/c1-2-18-5-3-4-13(9-18)17-14(19)10-6-11(15)8-12(16)7-10/h6-8,13H,2-5,9H2,1H3,(H,17,19). The summed E-state index contributed by atoms with van der Waals surface area (Å²) < 4.78 is 1.82. The third-order valence-corrected chi connectivity index (χ3v) is 4.33. The van der Waals surface area contributed by atoms with E-state index in [2.05, 4.69) is 49.0 Å². The lowest BCUT2D eigenvalue weighted by atomic mass is 10.1. The maximum atomic E-state index is 12.2. The molecule has 1 unspecified atom stereocenters. The quantitative estimate of drug-likeness (QED) is 0.858. The molecule has 1 saturated heterocycles. The number of benzene rings is 1. The number of hydrogen-bond acceptors (Lipinski definition) is 2. The molecule has 3 nitrogen and oxygen atoms in total. The first-order valence-electron chi connectivity index (χ1n) is 6.58. The molecule has 1 atom stereocenters. The molecule has 0 aliphatic carbocycles. The number of likely N-dealkylation sites (tertiary alicyclic amines) is 1. The summed E-state index contributed by atoms with van der Waals surface area (Å²) >= 11 is 6.82. The number of halogens is 2. The van der Waals surface area contributed by atoms with Crippen molar-refractivity contribution >= 4 is 37.8 Å². The number of amides is 1. The molecule has 0 spiro atoms. The lowest BCUT2D eigenvalue weighted by Gasteiger charge is -2.32. The molecule has 1 amide bonds. The molecule has 1 aromatic carbocycles. The number of piperidine rings is 1. The first kappa shape index (κ1) is 15.0. The Labute approximate surface area is 131 Å². The molecular weight excluding hydrogens is 372 g/mol. The predicted octanol–water partition coefficient (Wildman–Crippen LogP) is 3.43. The van der Waals surface area contributed by atoms with Crippen molar-refractivity contribution in [2.75, 3.05) is 19.6 Å². The van der Waals surface area contributed by atoms with E-state index in [4.69, 9.17) is 0 Å². The highest BCUT2D eigenvalue weighted by Crippen LogP contribution is 2.20. The molecular formula is C14H18Br2N2O. The first-order valence-corrected chi connectivity index (χ1v) is 8.16. The van der Waals surface area contributed by atoms with Crippen LogP contribution in [0.4, 0.5) is 0 Å². The summed E-state index contributed by atoms with van der Waals surface area (Å²) in [6, 6.07) is 5.89. The number of carbonyl (C=O) groups is 1. The Morgan fingerprint density at radius 3 is 2.68 bits per heavy atom. The average Bonchev–Trinajstić information content (AvgIpc) is 2.37. The molecule has 19 heavy (non-hydrogen) atoms. The van der Waals surface area contributed by atoms with Crippen LogP contribution in [0.2, 0.25) is 0 Å². The third-order valence-electron chi connectivity index (χ3n) is 3.41. The van der Waals surface area contributed by atoms with Crippen molar-refractivity contribution in [1.82, 2.24) is 10.2 Å². The van der Waals surface area contributed by atoms with Gasteiger partial charge in [0, 0.05) is 27.1 Å². The van der Waals surface area contributed by atoms with Crippen LogP contribution in [0, 0.1) is 0 Å². The van der Waals surface area contributed by atoms with Crippen LogP contribution < -0.4 is 5.32 Å². The first-order chi connectivity index (χ1) is 9.08. The molecule has 1 heterocycles. The van der Waals surface area contributed by atoms with E-state index >= 15 is 0 Å². The van der Waals surface area contributed by atoms with E-state index in [1.807, 2.05) is 18.2 Å². The Hall–Kier alpha value is -0.390. The average molecular weight is 390 g/mol. The van der Waals surface area contributed by atoms with Gasteiger partial charge < -0.3 is 10.2 Å². The smallest absolute Gasteiger partial charge is 0.251 e. The minimum atomic E-state index is 0.00459. The second-order valence-electron chi connectivity index (χ2n) is 4.86. The molecule has 2 rings (SSSR count). The van der Waals surface area contributed by atoms with Gasteiger partial charge in [0.1, 0.15) is 0 Å². The van der Waals surface area contributed by atoms with Crippen LogP contribution in [-0.4, -0.2) is 36.5 Å². The summed E-state index contributed by atoms with van der Waals surface area (Å²) in [6.45, 7) is 5.31. The second kappa shape index (κ2) is 6.86. The zero-order chi connectivity index (χ0) is 13.8. The molecule has 5 heteroatoms. The van der Waals surface area contributed by atoms with Crippen molar-refractivity contribution in [1.29, 1.82) is 0 Å². The fourth-order valence-corrected chi connectivity index (χ4v) is 3.71. The monoisotopic (exact) mass is 388 g/mol. The van der Waals surface area contributed by atoms with Crippen LogP contribution >= 0.6 is 31.9 Å². The van der Waals surface area contributed by atoms with E-state index in [0.29, 0.717) is 5.56 Å². The summed E-state index contributed by atoms with van der Waals surface area (Å²) in [6.07, 6.45) is 2.22. The molecule has 0 radical (unpaired) electrons. The predicted molar refractivity (Wildman–Crippen MR) is 84.4 cm³/mol. The normalized spacial score (nSPS) is 20.3. The van der Waals surface area contributed by atoms with Gasteiger partial charge in [-0.2, -0.15) is 0 Å². The molecule has 1 aliphatic heterocycles. The van der Waals surface area contributed by atoms with Gasteiger partial charge in [0.2, 0.25) is 0 Å². The van der Waals surface area contributed by atoms with E-state index in [9.17, 15) is 4.79 Å². The second-order valence-corrected chi connectivity index (χ2v) is 6.70. The van der Waals surface area contributed by atoms with E-state index in [0.717, 1.165) is 41.4 Å². The van der Waals surface area contributed by atoms with E-state index in [1.165, 1.54) is 0 Å². The van der Waals surface area contributed by atoms with Crippen LogP contribution in [0.1, 0.15) is 30.1 Å². The fraction of sp³-hybridized carbons (Fsp3) is 0.500. The van der Waals surface area contributed by atoms with Crippen LogP contribution in [0.3, 0.4) is 0 Å². The molecule has 1 N–H and O–H groups in total. The number of carbonyl (C=O) groups excluding carboxylic acids is 1. The van der Waals surface area contributed by atoms with Crippen molar-refractivity contribution in [2.45, 2.75) is 25.8 Å². The molecule has 1 aromatic rings. The van der Waals surface area contributed by atoms with Crippen LogP contribution in [0.15, 0.2) is 27.1 Å². The van der Waals surface area contributed by atoms with Crippen LogP contribution in [0.25, 0.3) is 0 Å². The van der Waals surface area contributed by atoms with Gasteiger partial charge in [-0.1, -0.05) is 38.8 Å². The Kier molecular flexibility index (Phi) is 5.42. The fourth-order valence-electron chi connectivity index (χ4n) is 2.41. The topological polar surface area (TPSA) is 32.3 Å². The van der Waals surface area contributed by atoms with Gasteiger partial charge in [0.25, 0.3) is 5.91 Å². The number of rotatable bonds is 3. The van der Waals surface area contributed by atoms with Gasteiger partial charge in [-0.25, -0.2) is 0 Å². The summed E-state index contributed by atoms with van der Waals surface area (Å²) in [4.78, 5) is 14.6. The molecule has 0 saturated carbocycles. The highest BCUT2D eigenvalue weighted by Gasteiger charge is 2.20. The van der Waals surface area contributed by atoms with Crippen molar-refractivity contribution < 1.29 is 4.79 Å². The van der Waals surface area contributed by atoms with E-state index < -0.39 is 0 Å². The lowest BCUT2D eigenvalue weighted by molar-refractivity contribution is 0.0905. The maximum absolute atomic E-state index is 12.2. The zero-order valence-corrected chi connectivity index (χ0v) is 14.1. The van der Waals surface area contributed by atoms with Crippen LogP contribution in [-0.2, 0) is 0 Å². The summed E-state index contributed by atoms with van der Waals surface area (Å²) in [5.41, 5.74) is 0.690. The van der Waals surface area contributed by atoms with Gasteiger partial charge in [0.05, 0.1) is 0 Å². The van der Waals surface area contributed by atoms with Gasteiger partial charge in [-0.3, -0.25) is 4.79 Å². The Balaban J connectivity index is 2.00. The maximum Gasteiger partial charge on any atom is 0.251 e. The van der Waals surface area contributed by atoms with Gasteiger partial charge in [-0.15, -0.1) is 0 Å². The number of likely N-dealkylation sites (N-methyl/N-ethyl adjacent to an activating group) is 1. The largest absolute Gasteiger partial charge is 0.348 e. The number of hydrogen-bond donors (Lipinski definition) is 1. The number of nitrogens with zero attached hydrogens (tertiary/aromatic N) is 1. The third kappa shape index (κ3) is 4.29. The van der Waals surface area contributed by atoms with Gasteiger partial charge >= 0.3 is 0 Å². The summed E-state index contributed by atoms with van der Waals surface area (Å²) in [7, 11) is 0. The van der Waals surface area contributed by atoms with Crippen molar-refractivity contribution in [3.8, 4) is 0 Å². The molecule has 104 valence electrons. The molecule has 1 aliphatic rings. The van der Waals surface area contributed by atoms with E-state index in [-0.39, 0.29) is 11.9 Å². The summed E-state index contributed by atoms with van der Waals surface area (Å²) in [5.74, 6) is 0.00459. The minimum Gasteiger partial charge on any atom is -0.348 e. The number of nitrogens with one attached hydrogen (secondary N) is 1. The van der Waals surface area contributed by atoms with E-state index in [1.54, 1.807) is 0 Å². The Morgan fingerprint density at radius 1 is 1.37 bits per heavy atom. The van der Waals surface area contributed by atoms with Crippen LogP contribution in [0.5, 0.6) is 0 Å². The van der Waals surface area contributed by atoms with Crippen molar-refractivity contribution in [3.63, 3.8) is 0 Å². The molecule has 1 fully saturated rings. The lowest BCUT2D eigenvalue weighted by Crippen LogP contribution is -2.47. The molecule has 0 aromatic heterocycles. The molecule has 0 bridgehead atoms. The SMILES string of the molecule is CCN1CCCC(NC(=O)c2cc(Br)cc(Br)c2)C1. The zero-order valence-electron chi connectivity index (χ0n) is 11.0. The van der Waals surface area contributed by atoms with Gasteiger partial charge in [0.15, 0.2) is 0 Å².